The zero-order chi connectivity index (χ0) is 12.2. The number of halogens is 1. The van der Waals surface area contributed by atoms with Crippen LogP contribution in [0.5, 0.6) is 0 Å². The molecule has 0 bridgehead atoms. The Morgan fingerprint density at radius 2 is 1.47 bits per heavy atom. The van der Waals surface area contributed by atoms with Crippen LogP contribution in [-0.4, -0.2) is 27.9 Å². The van der Waals surface area contributed by atoms with Crippen molar-refractivity contribution in [2.75, 3.05) is 0 Å². The van der Waals surface area contributed by atoms with E-state index in [9.17, 15) is 4.79 Å². The maximum Gasteiger partial charge on any atom is 0.338 e. The topological polar surface area (TPSA) is 29.5 Å². The molecule has 0 unspecified atom stereocenters. The number of hydroxylamine groups is 2. The van der Waals surface area contributed by atoms with Crippen LogP contribution in [0.2, 0.25) is 0 Å². The number of alkyl halides is 1. The molecule has 0 aromatic heterocycles. The van der Waals surface area contributed by atoms with E-state index in [1.54, 1.807) is 5.06 Å². The standard InChI is InChI=1S/C11H22BrNO2/c1-7(2)10(12)11(14)15-13(8(3)4)9(5)6/h7-10H,1-6H3/t10-/m1/s1. The van der Waals surface area contributed by atoms with Gasteiger partial charge < -0.3 is 4.84 Å². The summed E-state index contributed by atoms with van der Waals surface area (Å²) in [4.78, 5) is 16.8. The minimum atomic E-state index is -0.238. The van der Waals surface area contributed by atoms with E-state index in [4.69, 9.17) is 4.84 Å². The molecule has 0 aliphatic rings. The molecule has 0 heterocycles. The molecule has 4 heteroatoms. The fraction of sp³-hybridized carbons (Fsp3) is 0.909. The van der Waals surface area contributed by atoms with Crippen LogP contribution in [0.1, 0.15) is 41.5 Å². The van der Waals surface area contributed by atoms with Gasteiger partial charge in [0.15, 0.2) is 0 Å². The molecule has 90 valence electrons. The zero-order valence-electron chi connectivity index (χ0n) is 10.5. The highest BCUT2D eigenvalue weighted by molar-refractivity contribution is 9.10. The van der Waals surface area contributed by atoms with Gasteiger partial charge in [0.25, 0.3) is 0 Å². The largest absolute Gasteiger partial charge is 0.366 e. The van der Waals surface area contributed by atoms with E-state index in [2.05, 4.69) is 15.9 Å². The Bertz CT molecular complexity index is 197. The van der Waals surface area contributed by atoms with Gasteiger partial charge >= 0.3 is 5.97 Å². The van der Waals surface area contributed by atoms with E-state index >= 15 is 0 Å². The molecule has 0 amide bonds. The van der Waals surface area contributed by atoms with Crippen LogP contribution < -0.4 is 0 Å². The first-order valence-corrected chi connectivity index (χ1v) is 6.33. The Hall–Kier alpha value is -0.0900. The summed E-state index contributed by atoms with van der Waals surface area (Å²) < 4.78 is 0. The summed E-state index contributed by atoms with van der Waals surface area (Å²) in [6.45, 7) is 12.0. The number of hydrogen-bond acceptors (Lipinski definition) is 3. The summed E-state index contributed by atoms with van der Waals surface area (Å²) in [5.74, 6) is 0.0195. The van der Waals surface area contributed by atoms with E-state index in [0.29, 0.717) is 0 Å². The average molecular weight is 280 g/mol. The van der Waals surface area contributed by atoms with Crippen LogP contribution in [0.25, 0.3) is 0 Å². The Morgan fingerprint density at radius 1 is 1.07 bits per heavy atom. The van der Waals surface area contributed by atoms with Gasteiger partial charge in [-0.3, -0.25) is 0 Å². The lowest BCUT2D eigenvalue weighted by Crippen LogP contribution is -2.41. The van der Waals surface area contributed by atoms with Gasteiger partial charge in [-0.05, 0) is 33.6 Å². The highest BCUT2D eigenvalue weighted by atomic mass is 79.9. The third-order valence-corrected chi connectivity index (χ3v) is 3.45. The van der Waals surface area contributed by atoms with Crippen molar-refractivity contribution in [1.29, 1.82) is 0 Å². The van der Waals surface area contributed by atoms with Crippen molar-refractivity contribution in [3.8, 4) is 0 Å². The Morgan fingerprint density at radius 3 is 1.73 bits per heavy atom. The lowest BCUT2D eigenvalue weighted by molar-refractivity contribution is -0.209. The van der Waals surface area contributed by atoms with E-state index in [1.165, 1.54) is 0 Å². The number of carbonyl (C=O) groups is 1. The van der Waals surface area contributed by atoms with E-state index in [0.717, 1.165) is 0 Å². The molecule has 0 rings (SSSR count). The Labute approximate surface area is 101 Å². The minimum Gasteiger partial charge on any atom is -0.366 e. The molecule has 0 radical (unpaired) electrons. The molecule has 0 N–H and O–H groups in total. The molecule has 0 fully saturated rings. The van der Waals surface area contributed by atoms with Crippen molar-refractivity contribution in [1.82, 2.24) is 5.06 Å². The van der Waals surface area contributed by atoms with Gasteiger partial charge in [-0.15, -0.1) is 5.06 Å². The number of rotatable bonds is 5. The molecule has 0 spiro atoms. The predicted molar refractivity (Wildman–Crippen MR) is 65.8 cm³/mol. The Kier molecular flexibility index (Phi) is 6.44. The minimum absolute atomic E-state index is 0.195. The third kappa shape index (κ3) is 4.98. The van der Waals surface area contributed by atoms with Crippen LogP contribution >= 0.6 is 15.9 Å². The molecule has 0 saturated heterocycles. The molecule has 3 nitrogen and oxygen atoms in total. The van der Waals surface area contributed by atoms with Gasteiger partial charge in [-0.25, -0.2) is 4.79 Å². The van der Waals surface area contributed by atoms with Crippen molar-refractivity contribution in [3.63, 3.8) is 0 Å². The average Bonchev–Trinajstić information content (AvgIpc) is 2.11. The summed E-state index contributed by atoms with van der Waals surface area (Å²) in [5.41, 5.74) is 0. The van der Waals surface area contributed by atoms with Gasteiger partial charge in [0, 0.05) is 12.1 Å². The van der Waals surface area contributed by atoms with E-state index in [1.807, 2.05) is 41.5 Å². The molecule has 0 saturated carbocycles. The number of nitrogens with zero attached hydrogens (tertiary/aromatic N) is 1. The summed E-state index contributed by atoms with van der Waals surface area (Å²) >= 11 is 3.33. The van der Waals surface area contributed by atoms with Crippen molar-refractivity contribution in [2.24, 2.45) is 5.92 Å². The molecule has 0 aliphatic heterocycles. The molecule has 15 heavy (non-hydrogen) atoms. The second-order valence-corrected chi connectivity index (χ2v) is 5.59. The van der Waals surface area contributed by atoms with E-state index in [-0.39, 0.29) is 28.8 Å². The maximum absolute atomic E-state index is 11.7. The predicted octanol–water partition coefficient (Wildman–Crippen LogP) is 2.98. The first-order chi connectivity index (χ1) is 6.77. The lowest BCUT2D eigenvalue weighted by Gasteiger charge is -2.29. The van der Waals surface area contributed by atoms with Gasteiger partial charge in [0.05, 0.1) is 0 Å². The SMILES string of the molecule is CC(C)[C@@H](Br)C(=O)ON(C(C)C)C(C)C. The van der Waals surface area contributed by atoms with Crippen LogP contribution in [0.15, 0.2) is 0 Å². The van der Waals surface area contributed by atoms with Crippen molar-refractivity contribution < 1.29 is 9.63 Å². The van der Waals surface area contributed by atoms with Crippen molar-refractivity contribution >= 4 is 21.9 Å². The van der Waals surface area contributed by atoms with Crippen LogP contribution in [0, 0.1) is 5.92 Å². The smallest absolute Gasteiger partial charge is 0.338 e. The number of carbonyl (C=O) groups excluding carboxylic acids is 1. The van der Waals surface area contributed by atoms with E-state index < -0.39 is 0 Å². The first kappa shape index (κ1) is 14.9. The molecule has 1 atom stereocenters. The van der Waals surface area contributed by atoms with Gasteiger partial charge in [0.1, 0.15) is 4.83 Å². The monoisotopic (exact) mass is 279 g/mol. The fourth-order valence-corrected chi connectivity index (χ4v) is 1.32. The van der Waals surface area contributed by atoms with Crippen LogP contribution in [0.4, 0.5) is 0 Å². The lowest BCUT2D eigenvalue weighted by atomic mass is 10.1. The summed E-state index contributed by atoms with van der Waals surface area (Å²) in [7, 11) is 0. The highest BCUT2D eigenvalue weighted by Gasteiger charge is 2.25. The summed E-state index contributed by atoms with van der Waals surface area (Å²) in [6.07, 6.45) is 0. The number of hydrogen-bond donors (Lipinski definition) is 0. The molecule has 0 aromatic rings. The maximum atomic E-state index is 11.7. The highest BCUT2D eigenvalue weighted by Crippen LogP contribution is 2.16. The second-order valence-electron chi connectivity index (χ2n) is 4.60. The fourth-order valence-electron chi connectivity index (χ4n) is 1.23. The van der Waals surface area contributed by atoms with Crippen molar-refractivity contribution in [3.05, 3.63) is 0 Å². The van der Waals surface area contributed by atoms with Crippen LogP contribution in [-0.2, 0) is 9.63 Å². The summed E-state index contributed by atoms with van der Waals surface area (Å²) in [6, 6.07) is 0.390. The molecule has 0 aromatic carbocycles. The zero-order valence-corrected chi connectivity index (χ0v) is 12.0. The molecule has 0 aliphatic carbocycles. The first-order valence-electron chi connectivity index (χ1n) is 5.41. The Balaban J connectivity index is 4.36. The summed E-state index contributed by atoms with van der Waals surface area (Å²) in [5, 5.41) is 1.72. The molecular formula is C11H22BrNO2. The second kappa shape index (κ2) is 6.48. The normalized spacial score (nSPS) is 14.1. The third-order valence-electron chi connectivity index (χ3n) is 2.02. The van der Waals surface area contributed by atoms with Gasteiger partial charge in [0.2, 0.25) is 0 Å². The molecular weight excluding hydrogens is 258 g/mol. The van der Waals surface area contributed by atoms with Crippen molar-refractivity contribution in [2.45, 2.75) is 58.5 Å². The van der Waals surface area contributed by atoms with Gasteiger partial charge in [-0.2, -0.15) is 0 Å². The van der Waals surface area contributed by atoms with Crippen LogP contribution in [0.3, 0.4) is 0 Å². The van der Waals surface area contributed by atoms with Gasteiger partial charge in [-0.1, -0.05) is 29.8 Å². The quantitative estimate of drug-likeness (QED) is 0.572.